The molecule has 176 valence electrons. The molecule has 2 aromatic carbocycles. The van der Waals surface area contributed by atoms with E-state index in [0.29, 0.717) is 19.4 Å². The zero-order valence-corrected chi connectivity index (χ0v) is 18.8. The Morgan fingerprint density at radius 3 is 2.39 bits per heavy atom. The maximum atomic E-state index is 12.8. The van der Waals surface area contributed by atoms with Crippen molar-refractivity contribution < 1.29 is 26.3 Å². The Morgan fingerprint density at radius 1 is 1.12 bits per heavy atom. The Kier molecular flexibility index (Phi) is 5.97. The van der Waals surface area contributed by atoms with Gasteiger partial charge in [-0.15, -0.1) is 5.10 Å². The van der Waals surface area contributed by atoms with Crippen LogP contribution in [0, 0.1) is 0 Å². The van der Waals surface area contributed by atoms with Crippen molar-refractivity contribution in [2.45, 2.75) is 38.0 Å². The van der Waals surface area contributed by atoms with E-state index in [2.05, 4.69) is 14.5 Å². The molecule has 4 rings (SSSR count). The molecule has 0 saturated heterocycles. The van der Waals surface area contributed by atoms with E-state index in [0.717, 1.165) is 29.0 Å². The first-order chi connectivity index (χ1) is 15.5. The number of hydrogen-bond acceptors (Lipinski definition) is 4. The number of rotatable bonds is 8. The summed E-state index contributed by atoms with van der Waals surface area (Å²) in [6, 6.07) is 13.6. The molecule has 0 spiro atoms. The van der Waals surface area contributed by atoms with Gasteiger partial charge in [-0.05, 0) is 55.7 Å². The van der Waals surface area contributed by atoms with Crippen LogP contribution in [0.5, 0.6) is 11.6 Å². The van der Waals surface area contributed by atoms with Gasteiger partial charge >= 0.3 is 6.18 Å². The van der Waals surface area contributed by atoms with Crippen LogP contribution in [0.25, 0.3) is 11.3 Å². The first kappa shape index (κ1) is 23.3. The van der Waals surface area contributed by atoms with Gasteiger partial charge in [-0.2, -0.15) is 26.3 Å². The topological polar surface area (TPSA) is 85.2 Å². The Morgan fingerprint density at radius 2 is 1.82 bits per heavy atom. The van der Waals surface area contributed by atoms with Gasteiger partial charge in [-0.25, -0.2) is 4.72 Å². The van der Waals surface area contributed by atoms with E-state index in [1.54, 1.807) is 10.7 Å². The van der Waals surface area contributed by atoms with Crippen molar-refractivity contribution in [3.63, 3.8) is 0 Å². The molecule has 0 unspecified atom stereocenters. The van der Waals surface area contributed by atoms with Gasteiger partial charge in [0.2, 0.25) is 5.88 Å². The van der Waals surface area contributed by atoms with Gasteiger partial charge in [0.1, 0.15) is 5.75 Å². The minimum absolute atomic E-state index is 0.238. The Hall–Kier alpha value is -2.89. The summed E-state index contributed by atoms with van der Waals surface area (Å²) >= 11 is 0. The fraction of sp³-hybridized carbons (Fsp3) is 0.318. The van der Waals surface area contributed by atoms with E-state index in [9.17, 15) is 21.6 Å². The monoisotopic (exact) mass is 480 g/mol. The van der Waals surface area contributed by atoms with E-state index in [4.69, 9.17) is 4.74 Å². The zero-order chi connectivity index (χ0) is 23.9. The minimum Gasteiger partial charge on any atom is -0.438 e. The number of benzene rings is 2. The van der Waals surface area contributed by atoms with E-state index < -0.39 is 27.5 Å². The number of alkyl halides is 3. The Bertz CT molecular complexity index is 1250. The Balaban J connectivity index is 1.60. The van der Waals surface area contributed by atoms with Crippen molar-refractivity contribution in [3.8, 4) is 22.9 Å². The number of nitrogens with zero attached hydrogens (tertiary/aromatic N) is 2. The highest BCUT2D eigenvalue weighted by Gasteiger charge is 2.47. The van der Waals surface area contributed by atoms with Crippen molar-refractivity contribution in [1.82, 2.24) is 19.2 Å². The van der Waals surface area contributed by atoms with E-state index in [1.807, 2.05) is 31.2 Å². The van der Waals surface area contributed by atoms with Crippen LogP contribution in [-0.4, -0.2) is 25.2 Å². The molecule has 2 N–H and O–H groups in total. The van der Waals surface area contributed by atoms with E-state index >= 15 is 0 Å². The molecule has 1 aliphatic carbocycles. The zero-order valence-electron chi connectivity index (χ0n) is 18.0. The first-order valence-corrected chi connectivity index (χ1v) is 11.8. The van der Waals surface area contributed by atoms with Gasteiger partial charge < -0.3 is 4.74 Å². The molecule has 1 fully saturated rings. The third kappa shape index (κ3) is 5.05. The van der Waals surface area contributed by atoms with Crippen LogP contribution in [0.4, 0.5) is 13.2 Å². The van der Waals surface area contributed by atoms with Gasteiger partial charge in [0, 0.05) is 25.2 Å². The molecular weight excluding hydrogens is 457 g/mol. The maximum absolute atomic E-state index is 12.8. The highest BCUT2D eigenvalue weighted by molar-refractivity contribution is 7.87. The van der Waals surface area contributed by atoms with Gasteiger partial charge in [0.25, 0.3) is 10.2 Å². The average Bonchev–Trinajstić information content (AvgIpc) is 3.43. The van der Waals surface area contributed by atoms with Crippen molar-refractivity contribution in [3.05, 3.63) is 65.7 Å². The largest absolute Gasteiger partial charge is 0.438 e. The Labute approximate surface area is 189 Å². The van der Waals surface area contributed by atoms with Crippen LogP contribution in [-0.2, 0) is 28.5 Å². The normalized spacial score (nSPS) is 15.4. The summed E-state index contributed by atoms with van der Waals surface area (Å²) in [5.74, 6) is 0.483. The molecule has 1 aromatic heterocycles. The van der Waals surface area contributed by atoms with Crippen LogP contribution in [0.15, 0.2) is 54.6 Å². The average molecular weight is 481 g/mol. The third-order valence-electron chi connectivity index (χ3n) is 5.52. The lowest BCUT2D eigenvalue weighted by atomic mass is 10.0. The van der Waals surface area contributed by atoms with Gasteiger partial charge in [0.05, 0.1) is 16.8 Å². The van der Waals surface area contributed by atoms with Crippen molar-refractivity contribution >= 4 is 10.2 Å². The molecule has 1 aliphatic rings. The summed E-state index contributed by atoms with van der Waals surface area (Å²) in [6.45, 7) is 2.44. The predicted octanol–water partition coefficient (Wildman–Crippen LogP) is 4.42. The molecule has 0 atom stereocenters. The van der Waals surface area contributed by atoms with Crippen LogP contribution in [0.2, 0.25) is 0 Å². The first-order valence-electron chi connectivity index (χ1n) is 10.3. The molecule has 33 heavy (non-hydrogen) atoms. The standard InChI is InChI=1S/C22H23F3N4O3S/c1-3-29-19(14-20(27-29)32-18-9-7-16(8-10-18)22(23,24)25)15-5-4-6-17(13-15)21(11-12-21)28-33(30,31)26-2/h4-10,13-14,26,28H,3,11-12H2,1-2H3. The van der Waals surface area contributed by atoms with Crippen LogP contribution < -0.4 is 14.2 Å². The molecule has 0 bridgehead atoms. The number of halogens is 3. The maximum Gasteiger partial charge on any atom is 0.416 e. The lowest BCUT2D eigenvalue weighted by molar-refractivity contribution is -0.137. The molecule has 7 nitrogen and oxygen atoms in total. The van der Waals surface area contributed by atoms with Crippen LogP contribution in [0.3, 0.4) is 0 Å². The molecule has 3 aromatic rings. The fourth-order valence-electron chi connectivity index (χ4n) is 3.61. The molecular formula is C22H23F3N4O3S. The van der Waals surface area contributed by atoms with Gasteiger partial charge in [-0.1, -0.05) is 18.2 Å². The van der Waals surface area contributed by atoms with Crippen molar-refractivity contribution in [2.24, 2.45) is 0 Å². The summed E-state index contributed by atoms with van der Waals surface area (Å²) in [4.78, 5) is 0. The molecule has 0 aliphatic heterocycles. The molecule has 0 amide bonds. The second-order valence-electron chi connectivity index (χ2n) is 7.78. The lowest BCUT2D eigenvalue weighted by Crippen LogP contribution is -2.41. The van der Waals surface area contributed by atoms with Crippen LogP contribution in [0.1, 0.15) is 30.9 Å². The second-order valence-corrected chi connectivity index (χ2v) is 9.40. The number of aromatic nitrogens is 2. The number of aryl methyl sites for hydroxylation is 1. The lowest BCUT2D eigenvalue weighted by Gasteiger charge is -2.18. The molecule has 1 heterocycles. The summed E-state index contributed by atoms with van der Waals surface area (Å²) in [5.41, 5.74) is 1.00. The smallest absolute Gasteiger partial charge is 0.416 e. The number of nitrogens with one attached hydrogen (secondary N) is 2. The highest BCUT2D eigenvalue weighted by Crippen LogP contribution is 2.46. The number of ether oxygens (including phenoxy) is 1. The van der Waals surface area contributed by atoms with Crippen molar-refractivity contribution in [2.75, 3.05) is 7.05 Å². The summed E-state index contributed by atoms with van der Waals surface area (Å²) in [7, 11) is -2.25. The quantitative estimate of drug-likeness (QED) is 0.500. The molecule has 11 heteroatoms. The second kappa shape index (κ2) is 8.47. The van der Waals surface area contributed by atoms with Gasteiger partial charge in [0.15, 0.2) is 0 Å². The van der Waals surface area contributed by atoms with E-state index in [-0.39, 0.29) is 11.6 Å². The van der Waals surface area contributed by atoms with Gasteiger partial charge in [-0.3, -0.25) is 4.68 Å². The SMILES string of the molecule is CCn1nc(Oc2ccc(C(F)(F)F)cc2)cc1-c1cccc(C2(NS(=O)(=O)NC)CC2)c1. The fourth-order valence-corrected chi connectivity index (χ4v) is 4.55. The van der Waals surface area contributed by atoms with Crippen molar-refractivity contribution in [1.29, 1.82) is 0 Å². The molecule has 0 radical (unpaired) electrons. The third-order valence-corrected chi connectivity index (χ3v) is 6.72. The molecule has 1 saturated carbocycles. The predicted molar refractivity (Wildman–Crippen MR) is 117 cm³/mol. The minimum atomic E-state index is -4.42. The summed E-state index contributed by atoms with van der Waals surface area (Å²) < 4.78 is 74.7. The number of hydrogen-bond donors (Lipinski definition) is 2. The highest BCUT2D eigenvalue weighted by atomic mass is 32.2. The summed E-state index contributed by atoms with van der Waals surface area (Å²) in [6.07, 6.45) is -3.04. The summed E-state index contributed by atoms with van der Waals surface area (Å²) in [5, 5.41) is 4.40. The van der Waals surface area contributed by atoms with E-state index in [1.165, 1.54) is 19.2 Å². The van der Waals surface area contributed by atoms with Crippen LogP contribution >= 0.6 is 0 Å².